The first-order valence-electron chi connectivity index (χ1n) is 9.73. The molecule has 0 aromatic carbocycles. The monoisotopic (exact) mass is 356 g/mol. The molecule has 0 aromatic heterocycles. The van der Waals surface area contributed by atoms with Crippen LogP contribution in [-0.2, 0) is 4.74 Å². The highest BCUT2D eigenvalue weighted by atomic mass is 32.2. The maximum atomic E-state index is 5.42. The lowest BCUT2D eigenvalue weighted by Crippen LogP contribution is -2.55. The summed E-state index contributed by atoms with van der Waals surface area (Å²) in [5.74, 6) is 3.49. The zero-order valence-corrected chi connectivity index (χ0v) is 16.4. The van der Waals surface area contributed by atoms with Crippen LogP contribution in [0.1, 0.15) is 46.0 Å². The molecule has 1 aliphatic heterocycles. The molecule has 0 spiro atoms. The Kier molecular flexibility index (Phi) is 9.28. The summed E-state index contributed by atoms with van der Waals surface area (Å²) in [5.41, 5.74) is 0.293. The zero-order valence-electron chi connectivity index (χ0n) is 15.6. The molecule has 0 bridgehead atoms. The number of ether oxygens (including phenoxy) is 1. The summed E-state index contributed by atoms with van der Waals surface area (Å²) in [6, 6.07) is 0. The van der Waals surface area contributed by atoms with E-state index in [1.165, 1.54) is 56.7 Å². The summed E-state index contributed by atoms with van der Waals surface area (Å²) < 4.78 is 5.42. The molecular weight excluding hydrogens is 320 g/mol. The molecule has 1 saturated heterocycles. The number of thioether (sulfide) groups is 1. The molecule has 2 fully saturated rings. The maximum Gasteiger partial charge on any atom is 0.191 e. The van der Waals surface area contributed by atoms with Crippen molar-refractivity contribution in [2.24, 2.45) is 4.99 Å². The lowest BCUT2D eigenvalue weighted by atomic mass is 9.80. The summed E-state index contributed by atoms with van der Waals surface area (Å²) in [5, 5.41) is 6.79. The predicted octanol–water partition coefficient (Wildman–Crippen LogP) is 2.33. The second-order valence-corrected chi connectivity index (χ2v) is 7.93. The van der Waals surface area contributed by atoms with Gasteiger partial charge in [-0.1, -0.05) is 19.3 Å². The van der Waals surface area contributed by atoms with Gasteiger partial charge in [0.15, 0.2) is 5.96 Å². The molecule has 1 saturated carbocycles. The highest BCUT2D eigenvalue weighted by Crippen LogP contribution is 2.35. The summed E-state index contributed by atoms with van der Waals surface area (Å²) in [7, 11) is 0. The van der Waals surface area contributed by atoms with Gasteiger partial charge in [-0.25, -0.2) is 0 Å². The number of hydrogen-bond donors (Lipinski definition) is 2. The lowest BCUT2D eigenvalue weighted by molar-refractivity contribution is 0.0671. The van der Waals surface area contributed by atoms with Gasteiger partial charge in [-0.05, 0) is 26.7 Å². The maximum absolute atomic E-state index is 5.42. The van der Waals surface area contributed by atoms with Crippen molar-refractivity contribution in [3.05, 3.63) is 0 Å². The number of nitrogens with one attached hydrogen (secondary N) is 2. The topological polar surface area (TPSA) is 48.9 Å². The third kappa shape index (κ3) is 6.12. The van der Waals surface area contributed by atoms with E-state index in [1.807, 2.05) is 6.92 Å². The molecule has 1 heterocycles. The van der Waals surface area contributed by atoms with E-state index in [2.05, 4.69) is 34.2 Å². The van der Waals surface area contributed by atoms with Gasteiger partial charge in [0.1, 0.15) is 0 Å². The Morgan fingerprint density at radius 3 is 2.54 bits per heavy atom. The van der Waals surface area contributed by atoms with Crippen LogP contribution in [0.25, 0.3) is 0 Å². The SMILES string of the molecule is CCNC(=NCC1(N2CCSCC2)CCCCC1)NCCOCC. The average Bonchev–Trinajstić information content (AvgIpc) is 2.64. The number of aliphatic imine (C=N–C) groups is 1. The van der Waals surface area contributed by atoms with E-state index < -0.39 is 0 Å². The van der Waals surface area contributed by atoms with Gasteiger partial charge in [0.2, 0.25) is 0 Å². The van der Waals surface area contributed by atoms with E-state index in [0.717, 1.165) is 38.8 Å². The van der Waals surface area contributed by atoms with Gasteiger partial charge in [0, 0.05) is 49.8 Å². The van der Waals surface area contributed by atoms with Crippen molar-refractivity contribution >= 4 is 17.7 Å². The van der Waals surface area contributed by atoms with Crippen LogP contribution in [0.5, 0.6) is 0 Å². The predicted molar refractivity (Wildman–Crippen MR) is 105 cm³/mol. The third-order valence-electron chi connectivity index (χ3n) is 5.08. The Hall–Kier alpha value is -0.460. The highest BCUT2D eigenvalue weighted by Gasteiger charge is 2.38. The molecule has 0 amide bonds. The standard InChI is InChI=1S/C18H36N4OS/c1-3-19-17(20-10-13-23-4-2)21-16-18(8-6-5-7-9-18)22-11-14-24-15-12-22/h3-16H2,1-2H3,(H2,19,20,21). The van der Waals surface area contributed by atoms with Crippen molar-refractivity contribution < 1.29 is 4.74 Å². The summed E-state index contributed by atoms with van der Waals surface area (Å²) in [6.07, 6.45) is 6.71. The van der Waals surface area contributed by atoms with Crippen LogP contribution >= 0.6 is 11.8 Å². The largest absolute Gasteiger partial charge is 0.380 e. The average molecular weight is 357 g/mol. The summed E-state index contributed by atoms with van der Waals surface area (Å²) >= 11 is 2.09. The summed E-state index contributed by atoms with van der Waals surface area (Å²) in [6.45, 7) is 10.7. The molecule has 2 rings (SSSR count). The first-order chi connectivity index (χ1) is 11.8. The highest BCUT2D eigenvalue weighted by molar-refractivity contribution is 7.99. The summed E-state index contributed by atoms with van der Waals surface area (Å²) in [4.78, 5) is 7.72. The fourth-order valence-corrected chi connectivity index (χ4v) is 4.68. The zero-order chi connectivity index (χ0) is 17.1. The van der Waals surface area contributed by atoms with Crippen molar-refractivity contribution in [3.63, 3.8) is 0 Å². The van der Waals surface area contributed by atoms with E-state index in [-0.39, 0.29) is 0 Å². The lowest BCUT2D eigenvalue weighted by Gasteiger charge is -2.47. The molecule has 2 aliphatic rings. The van der Waals surface area contributed by atoms with Gasteiger partial charge in [-0.2, -0.15) is 11.8 Å². The fraction of sp³-hybridized carbons (Fsp3) is 0.944. The molecule has 0 atom stereocenters. The normalized spacial score (nSPS) is 22.3. The molecule has 0 aromatic rings. The van der Waals surface area contributed by atoms with Gasteiger partial charge < -0.3 is 15.4 Å². The Morgan fingerprint density at radius 2 is 1.88 bits per heavy atom. The Bertz CT molecular complexity index is 366. The van der Waals surface area contributed by atoms with Crippen molar-refractivity contribution in [2.75, 3.05) is 57.4 Å². The van der Waals surface area contributed by atoms with Crippen LogP contribution in [0.3, 0.4) is 0 Å². The van der Waals surface area contributed by atoms with E-state index in [1.54, 1.807) is 0 Å². The van der Waals surface area contributed by atoms with Gasteiger partial charge >= 0.3 is 0 Å². The van der Waals surface area contributed by atoms with Crippen molar-refractivity contribution in [1.29, 1.82) is 0 Å². The molecule has 5 nitrogen and oxygen atoms in total. The third-order valence-corrected chi connectivity index (χ3v) is 6.03. The Morgan fingerprint density at radius 1 is 1.12 bits per heavy atom. The Balaban J connectivity index is 1.97. The minimum atomic E-state index is 0.293. The van der Waals surface area contributed by atoms with Crippen LogP contribution in [0.15, 0.2) is 4.99 Å². The number of rotatable bonds is 8. The molecule has 24 heavy (non-hydrogen) atoms. The van der Waals surface area contributed by atoms with Crippen LogP contribution < -0.4 is 10.6 Å². The van der Waals surface area contributed by atoms with Crippen LogP contribution in [0.4, 0.5) is 0 Å². The number of nitrogens with zero attached hydrogens (tertiary/aromatic N) is 2. The molecule has 2 N–H and O–H groups in total. The van der Waals surface area contributed by atoms with Crippen molar-refractivity contribution in [3.8, 4) is 0 Å². The van der Waals surface area contributed by atoms with Gasteiger partial charge in [0.05, 0.1) is 13.2 Å². The molecule has 6 heteroatoms. The van der Waals surface area contributed by atoms with Crippen molar-refractivity contribution in [1.82, 2.24) is 15.5 Å². The molecular formula is C18H36N4OS. The van der Waals surface area contributed by atoms with Gasteiger partial charge in [-0.15, -0.1) is 0 Å². The minimum absolute atomic E-state index is 0.293. The fourth-order valence-electron chi connectivity index (χ4n) is 3.78. The van der Waals surface area contributed by atoms with E-state index in [9.17, 15) is 0 Å². The smallest absolute Gasteiger partial charge is 0.191 e. The molecule has 0 unspecified atom stereocenters. The van der Waals surface area contributed by atoms with E-state index in [4.69, 9.17) is 9.73 Å². The van der Waals surface area contributed by atoms with Crippen molar-refractivity contribution in [2.45, 2.75) is 51.5 Å². The minimum Gasteiger partial charge on any atom is -0.380 e. The first-order valence-corrected chi connectivity index (χ1v) is 10.9. The van der Waals surface area contributed by atoms with Crippen LogP contribution in [0, 0.1) is 0 Å². The second kappa shape index (κ2) is 11.2. The number of hydrogen-bond acceptors (Lipinski definition) is 4. The quantitative estimate of drug-likeness (QED) is 0.397. The van der Waals surface area contributed by atoms with E-state index >= 15 is 0 Å². The molecule has 0 radical (unpaired) electrons. The number of guanidine groups is 1. The van der Waals surface area contributed by atoms with E-state index in [0.29, 0.717) is 5.54 Å². The molecule has 140 valence electrons. The van der Waals surface area contributed by atoms with Gasteiger partial charge in [0.25, 0.3) is 0 Å². The van der Waals surface area contributed by atoms with Crippen LogP contribution in [-0.4, -0.2) is 73.8 Å². The van der Waals surface area contributed by atoms with Gasteiger partial charge in [-0.3, -0.25) is 9.89 Å². The second-order valence-electron chi connectivity index (χ2n) is 6.70. The Labute approximate surface area is 152 Å². The van der Waals surface area contributed by atoms with Crippen LogP contribution in [0.2, 0.25) is 0 Å². The first kappa shape index (κ1) is 19.9. The molecule has 1 aliphatic carbocycles.